The van der Waals surface area contributed by atoms with E-state index in [0.29, 0.717) is 12.1 Å². The topological polar surface area (TPSA) is 21.3 Å². The van der Waals surface area contributed by atoms with Gasteiger partial charge in [-0.1, -0.05) is 51.9 Å². The molecule has 0 radical (unpaired) electrons. The fourth-order valence-electron chi connectivity index (χ4n) is 2.99. The van der Waals surface area contributed by atoms with Crippen LogP contribution in [0.3, 0.4) is 0 Å². The van der Waals surface area contributed by atoms with Crippen LogP contribution in [-0.2, 0) is 4.74 Å². The number of unbranched alkanes of at least 4 members (excludes halogenated alkanes) is 7. The molecule has 0 aromatic heterocycles. The summed E-state index contributed by atoms with van der Waals surface area (Å²) in [7, 11) is 1.85. The minimum absolute atomic E-state index is 0.471. The highest BCUT2D eigenvalue weighted by molar-refractivity contribution is 4.83. The summed E-state index contributed by atoms with van der Waals surface area (Å²) in [5.41, 5.74) is 0. The van der Waals surface area contributed by atoms with Gasteiger partial charge in [0.25, 0.3) is 0 Å². The number of hydrogen-bond acceptors (Lipinski definition) is 2. The zero-order valence-corrected chi connectivity index (χ0v) is 12.5. The molecule has 1 fully saturated rings. The molecule has 0 bridgehead atoms. The Hall–Kier alpha value is -0.0800. The van der Waals surface area contributed by atoms with Crippen LogP contribution in [0.4, 0.5) is 0 Å². The lowest BCUT2D eigenvalue weighted by molar-refractivity contribution is 0.0852. The normalized spacial score (nSPS) is 23.7. The number of ether oxygens (including phenoxy) is 1. The van der Waals surface area contributed by atoms with Crippen molar-refractivity contribution >= 4 is 0 Å². The summed E-state index contributed by atoms with van der Waals surface area (Å²) in [5.74, 6) is 0. The van der Waals surface area contributed by atoms with Crippen molar-refractivity contribution in [2.24, 2.45) is 0 Å². The first kappa shape index (κ1) is 16.0. The molecule has 0 saturated heterocycles. The first-order chi connectivity index (χ1) is 8.88. The van der Waals surface area contributed by atoms with Gasteiger partial charge >= 0.3 is 0 Å². The van der Waals surface area contributed by atoms with Gasteiger partial charge in [-0.25, -0.2) is 0 Å². The Morgan fingerprint density at radius 2 is 1.61 bits per heavy atom. The molecule has 2 nitrogen and oxygen atoms in total. The molecule has 0 amide bonds. The van der Waals surface area contributed by atoms with E-state index in [4.69, 9.17) is 4.74 Å². The number of nitrogens with one attached hydrogen (secondary N) is 1. The quantitative estimate of drug-likeness (QED) is 0.556. The summed E-state index contributed by atoms with van der Waals surface area (Å²) in [5, 5.41) is 3.67. The third-order valence-electron chi connectivity index (χ3n) is 4.19. The van der Waals surface area contributed by atoms with Crippen molar-refractivity contribution in [2.75, 3.05) is 13.7 Å². The number of hydrogen-bond donors (Lipinski definition) is 1. The third kappa shape index (κ3) is 6.75. The van der Waals surface area contributed by atoms with E-state index in [9.17, 15) is 0 Å². The molecule has 0 heterocycles. The highest BCUT2D eigenvalue weighted by Gasteiger charge is 2.25. The minimum Gasteiger partial charge on any atom is -0.380 e. The molecule has 0 aromatic rings. The smallest absolute Gasteiger partial charge is 0.0724 e. The number of methoxy groups -OCH3 is 1. The summed E-state index contributed by atoms with van der Waals surface area (Å²) >= 11 is 0. The summed E-state index contributed by atoms with van der Waals surface area (Å²) in [4.78, 5) is 0. The molecule has 1 aliphatic rings. The van der Waals surface area contributed by atoms with Crippen LogP contribution in [0.5, 0.6) is 0 Å². The second-order valence-electron chi connectivity index (χ2n) is 5.74. The first-order valence-electron chi connectivity index (χ1n) is 8.14. The highest BCUT2D eigenvalue weighted by atomic mass is 16.5. The molecular formula is C16H33NO. The van der Waals surface area contributed by atoms with Gasteiger partial charge in [0.15, 0.2) is 0 Å². The predicted molar refractivity (Wildman–Crippen MR) is 79.0 cm³/mol. The standard InChI is InChI=1S/C16H33NO/c1-3-4-5-6-7-8-9-10-14-17-15-12-11-13-16(15)18-2/h15-17H,3-14H2,1-2H3. The Kier molecular flexibility index (Phi) is 9.59. The zero-order chi connectivity index (χ0) is 13.1. The summed E-state index contributed by atoms with van der Waals surface area (Å²) in [6.07, 6.45) is 15.6. The number of rotatable bonds is 11. The van der Waals surface area contributed by atoms with Crippen molar-refractivity contribution in [1.82, 2.24) is 5.32 Å². The molecule has 1 rings (SSSR count). The fourth-order valence-corrected chi connectivity index (χ4v) is 2.99. The van der Waals surface area contributed by atoms with Gasteiger partial charge in [-0.2, -0.15) is 0 Å². The molecule has 1 aliphatic carbocycles. The van der Waals surface area contributed by atoms with E-state index in [1.807, 2.05) is 7.11 Å². The fraction of sp³-hybridized carbons (Fsp3) is 1.00. The lowest BCUT2D eigenvalue weighted by Crippen LogP contribution is -2.37. The Morgan fingerprint density at radius 1 is 0.944 bits per heavy atom. The Labute approximate surface area is 114 Å². The van der Waals surface area contributed by atoms with Crippen molar-refractivity contribution in [3.05, 3.63) is 0 Å². The molecule has 1 saturated carbocycles. The summed E-state index contributed by atoms with van der Waals surface area (Å²) in [6.45, 7) is 3.46. The molecule has 2 unspecified atom stereocenters. The average molecular weight is 255 g/mol. The molecule has 0 spiro atoms. The Balaban J connectivity index is 1.83. The largest absolute Gasteiger partial charge is 0.380 e. The van der Waals surface area contributed by atoms with Gasteiger partial charge in [0.2, 0.25) is 0 Å². The van der Waals surface area contributed by atoms with E-state index >= 15 is 0 Å². The minimum atomic E-state index is 0.471. The molecule has 0 aromatic carbocycles. The third-order valence-corrected chi connectivity index (χ3v) is 4.19. The lowest BCUT2D eigenvalue weighted by atomic mass is 10.1. The van der Waals surface area contributed by atoms with Gasteiger partial charge in [-0.15, -0.1) is 0 Å². The molecule has 1 N–H and O–H groups in total. The van der Waals surface area contributed by atoms with Crippen LogP contribution >= 0.6 is 0 Å². The van der Waals surface area contributed by atoms with Crippen molar-refractivity contribution in [3.8, 4) is 0 Å². The van der Waals surface area contributed by atoms with E-state index in [2.05, 4.69) is 12.2 Å². The molecular weight excluding hydrogens is 222 g/mol. The molecule has 2 heteroatoms. The Morgan fingerprint density at radius 3 is 2.28 bits per heavy atom. The molecule has 0 aliphatic heterocycles. The van der Waals surface area contributed by atoms with Gasteiger partial charge in [-0.05, 0) is 32.2 Å². The summed E-state index contributed by atoms with van der Waals surface area (Å²) < 4.78 is 5.49. The van der Waals surface area contributed by atoms with Gasteiger partial charge in [0.1, 0.15) is 0 Å². The van der Waals surface area contributed by atoms with Crippen LogP contribution in [0, 0.1) is 0 Å². The van der Waals surface area contributed by atoms with E-state index in [0.717, 1.165) is 0 Å². The van der Waals surface area contributed by atoms with E-state index in [1.54, 1.807) is 0 Å². The van der Waals surface area contributed by atoms with Crippen molar-refractivity contribution in [2.45, 2.75) is 89.7 Å². The maximum atomic E-state index is 5.49. The van der Waals surface area contributed by atoms with Crippen LogP contribution in [0.15, 0.2) is 0 Å². The highest BCUT2D eigenvalue weighted by Crippen LogP contribution is 2.21. The predicted octanol–water partition coefficient (Wildman–Crippen LogP) is 4.28. The van der Waals surface area contributed by atoms with Crippen LogP contribution in [-0.4, -0.2) is 25.8 Å². The van der Waals surface area contributed by atoms with Crippen LogP contribution in [0.1, 0.15) is 77.6 Å². The van der Waals surface area contributed by atoms with Gasteiger partial charge < -0.3 is 10.1 Å². The Bertz CT molecular complexity index is 184. The molecule has 2 atom stereocenters. The molecule has 18 heavy (non-hydrogen) atoms. The van der Waals surface area contributed by atoms with Gasteiger partial charge in [-0.3, -0.25) is 0 Å². The van der Waals surface area contributed by atoms with Gasteiger partial charge in [0, 0.05) is 13.2 Å². The maximum Gasteiger partial charge on any atom is 0.0724 e. The van der Waals surface area contributed by atoms with Crippen LogP contribution in [0.25, 0.3) is 0 Å². The zero-order valence-electron chi connectivity index (χ0n) is 12.5. The monoisotopic (exact) mass is 255 g/mol. The van der Waals surface area contributed by atoms with E-state index in [-0.39, 0.29) is 0 Å². The molecule has 108 valence electrons. The van der Waals surface area contributed by atoms with Crippen molar-refractivity contribution < 1.29 is 4.74 Å². The SMILES string of the molecule is CCCCCCCCCCNC1CCCC1OC. The van der Waals surface area contributed by atoms with E-state index in [1.165, 1.54) is 77.2 Å². The second-order valence-corrected chi connectivity index (χ2v) is 5.74. The second kappa shape index (κ2) is 10.8. The van der Waals surface area contributed by atoms with Crippen molar-refractivity contribution in [3.63, 3.8) is 0 Å². The van der Waals surface area contributed by atoms with E-state index < -0.39 is 0 Å². The van der Waals surface area contributed by atoms with Crippen LogP contribution < -0.4 is 5.32 Å². The summed E-state index contributed by atoms with van der Waals surface area (Å²) in [6, 6.07) is 0.625. The van der Waals surface area contributed by atoms with Gasteiger partial charge in [0.05, 0.1) is 6.10 Å². The maximum absolute atomic E-state index is 5.49. The van der Waals surface area contributed by atoms with Crippen molar-refractivity contribution in [1.29, 1.82) is 0 Å². The van der Waals surface area contributed by atoms with Crippen LogP contribution in [0.2, 0.25) is 0 Å². The lowest BCUT2D eigenvalue weighted by Gasteiger charge is -2.19. The average Bonchev–Trinajstić information content (AvgIpc) is 2.84. The first-order valence-corrected chi connectivity index (χ1v) is 8.14.